The summed E-state index contributed by atoms with van der Waals surface area (Å²) < 4.78 is 52.8. The van der Waals surface area contributed by atoms with Gasteiger partial charge in [-0.3, -0.25) is 4.79 Å². The summed E-state index contributed by atoms with van der Waals surface area (Å²) in [6, 6.07) is 13.4. The lowest BCUT2D eigenvalue weighted by Crippen LogP contribution is -2.50. The van der Waals surface area contributed by atoms with Gasteiger partial charge in [0.2, 0.25) is 5.88 Å². The summed E-state index contributed by atoms with van der Waals surface area (Å²) in [4.78, 5) is 37.6. The number of benzene rings is 2. The normalized spacial score (nSPS) is 19.9. The summed E-state index contributed by atoms with van der Waals surface area (Å²) in [5, 5.41) is 9.94. The number of aromatic nitrogens is 1. The third-order valence-corrected chi connectivity index (χ3v) is 12.1. The van der Waals surface area contributed by atoms with Crippen molar-refractivity contribution >= 4 is 27.7 Å². The molecule has 2 amide bonds. The minimum absolute atomic E-state index is 0.0105. The van der Waals surface area contributed by atoms with E-state index in [1.807, 2.05) is 0 Å². The van der Waals surface area contributed by atoms with E-state index in [0.29, 0.717) is 35.0 Å². The van der Waals surface area contributed by atoms with Crippen LogP contribution >= 0.6 is 0 Å². The quantitative estimate of drug-likeness (QED) is 0.252. The van der Waals surface area contributed by atoms with Gasteiger partial charge < -0.3 is 28.7 Å². The SMILES string of the molecule is CCCN1CCC(C2CCN(C(=O)OC3(c4cccnc4OCC)C(=O)N(S(=O)(=O)c4ccc(OC)cc4OC)c4ccc(C#N)cc43)CC2)CC1. The number of fused-ring (bicyclic) bond motifs is 1. The van der Waals surface area contributed by atoms with Crippen LogP contribution in [0.4, 0.5) is 10.5 Å². The molecule has 0 spiro atoms. The van der Waals surface area contributed by atoms with Crippen molar-refractivity contribution in [2.45, 2.75) is 56.4 Å². The molecule has 52 heavy (non-hydrogen) atoms. The fourth-order valence-corrected chi connectivity index (χ4v) is 9.39. The Morgan fingerprint density at radius 1 is 0.962 bits per heavy atom. The van der Waals surface area contributed by atoms with Crippen LogP contribution in [0.5, 0.6) is 17.4 Å². The number of pyridine rings is 1. The highest BCUT2D eigenvalue weighted by molar-refractivity contribution is 7.93. The fourth-order valence-electron chi connectivity index (χ4n) is 7.79. The van der Waals surface area contributed by atoms with Gasteiger partial charge in [0, 0.05) is 30.9 Å². The van der Waals surface area contributed by atoms with Crippen molar-refractivity contribution in [3.05, 3.63) is 71.4 Å². The highest BCUT2D eigenvalue weighted by atomic mass is 32.2. The first-order chi connectivity index (χ1) is 25.1. The molecule has 2 saturated heterocycles. The van der Waals surface area contributed by atoms with Crippen molar-refractivity contribution < 1.29 is 37.0 Å². The van der Waals surface area contributed by atoms with Crippen LogP contribution in [0.25, 0.3) is 0 Å². The van der Waals surface area contributed by atoms with Gasteiger partial charge in [0.05, 0.1) is 43.7 Å². The molecule has 0 aliphatic carbocycles. The number of ether oxygens (including phenoxy) is 4. The molecule has 0 bridgehead atoms. The van der Waals surface area contributed by atoms with Gasteiger partial charge in [0.15, 0.2) is 0 Å². The maximum atomic E-state index is 15.1. The molecule has 3 aliphatic heterocycles. The Bertz CT molecular complexity index is 1950. The largest absolute Gasteiger partial charge is 0.497 e. The van der Waals surface area contributed by atoms with Crippen LogP contribution in [0, 0.1) is 23.2 Å². The van der Waals surface area contributed by atoms with Crippen LogP contribution in [-0.2, 0) is 25.2 Å². The maximum Gasteiger partial charge on any atom is 0.411 e. The van der Waals surface area contributed by atoms with E-state index < -0.39 is 27.6 Å². The summed E-state index contributed by atoms with van der Waals surface area (Å²) in [6.07, 6.45) is 5.67. The second-order valence-electron chi connectivity index (χ2n) is 13.3. The minimum atomic E-state index is -4.73. The van der Waals surface area contributed by atoms with Gasteiger partial charge in [-0.05, 0) is 113 Å². The smallest absolute Gasteiger partial charge is 0.411 e. The van der Waals surface area contributed by atoms with E-state index >= 15 is 4.79 Å². The summed E-state index contributed by atoms with van der Waals surface area (Å²) in [6.45, 7) is 8.23. The molecule has 3 aromatic rings. The van der Waals surface area contributed by atoms with Crippen LogP contribution in [0.2, 0.25) is 0 Å². The number of carbonyl (C=O) groups is 2. The van der Waals surface area contributed by atoms with E-state index in [-0.39, 0.29) is 45.5 Å². The Morgan fingerprint density at radius 3 is 2.31 bits per heavy atom. The predicted molar refractivity (Wildman–Crippen MR) is 192 cm³/mol. The first-order valence-corrected chi connectivity index (χ1v) is 19.2. The van der Waals surface area contributed by atoms with Crippen LogP contribution in [0.3, 0.4) is 0 Å². The number of amides is 2. The number of nitrogens with zero attached hydrogens (tertiary/aromatic N) is 5. The Balaban J connectivity index is 1.40. The lowest BCUT2D eigenvalue weighted by molar-refractivity contribution is -0.132. The number of piperidine rings is 2. The monoisotopic (exact) mass is 731 g/mol. The molecule has 2 aromatic carbocycles. The molecule has 1 aromatic heterocycles. The highest BCUT2D eigenvalue weighted by Crippen LogP contribution is 2.52. The second-order valence-corrected chi connectivity index (χ2v) is 15.0. The summed E-state index contributed by atoms with van der Waals surface area (Å²) in [5.41, 5.74) is -2.33. The van der Waals surface area contributed by atoms with Crippen LogP contribution in [0.1, 0.15) is 62.6 Å². The van der Waals surface area contributed by atoms with Crippen LogP contribution in [0.15, 0.2) is 59.6 Å². The molecular weight excluding hydrogens is 687 g/mol. The van der Waals surface area contributed by atoms with Gasteiger partial charge >= 0.3 is 6.09 Å². The molecule has 13 nitrogen and oxygen atoms in total. The van der Waals surface area contributed by atoms with Gasteiger partial charge in [0.1, 0.15) is 16.4 Å². The van der Waals surface area contributed by atoms with Crippen molar-refractivity contribution in [2.24, 2.45) is 11.8 Å². The number of hydrogen-bond acceptors (Lipinski definition) is 11. The van der Waals surface area contributed by atoms with Gasteiger partial charge in [0.25, 0.3) is 21.5 Å². The fraction of sp³-hybridized carbons (Fsp3) is 0.474. The van der Waals surface area contributed by atoms with Crippen LogP contribution in [-0.4, -0.2) is 88.8 Å². The lowest BCUT2D eigenvalue weighted by atomic mass is 9.79. The average Bonchev–Trinajstić information content (AvgIpc) is 3.42. The molecule has 0 radical (unpaired) electrons. The van der Waals surface area contributed by atoms with Crippen molar-refractivity contribution in [2.75, 3.05) is 57.9 Å². The minimum Gasteiger partial charge on any atom is -0.497 e. The summed E-state index contributed by atoms with van der Waals surface area (Å²) >= 11 is 0. The van der Waals surface area contributed by atoms with E-state index in [4.69, 9.17) is 18.9 Å². The molecule has 2 fully saturated rings. The van der Waals surface area contributed by atoms with Gasteiger partial charge in [-0.2, -0.15) is 9.57 Å². The molecule has 0 N–H and O–H groups in total. The van der Waals surface area contributed by atoms with Crippen molar-refractivity contribution in [1.82, 2.24) is 14.8 Å². The molecule has 14 heteroatoms. The van der Waals surface area contributed by atoms with Crippen molar-refractivity contribution in [3.8, 4) is 23.4 Å². The number of nitriles is 1. The molecule has 1 unspecified atom stereocenters. The Kier molecular flexibility index (Phi) is 10.9. The molecule has 0 saturated carbocycles. The first kappa shape index (κ1) is 36.9. The second kappa shape index (κ2) is 15.4. The Labute approximate surface area is 305 Å². The zero-order valence-electron chi connectivity index (χ0n) is 30.0. The van der Waals surface area contributed by atoms with E-state index in [9.17, 15) is 18.5 Å². The molecule has 4 heterocycles. The number of sulfonamides is 1. The predicted octanol–water partition coefficient (Wildman–Crippen LogP) is 5.32. The van der Waals surface area contributed by atoms with Crippen LogP contribution < -0.4 is 18.5 Å². The van der Waals surface area contributed by atoms with Crippen molar-refractivity contribution in [1.29, 1.82) is 5.26 Å². The third-order valence-electron chi connectivity index (χ3n) is 10.4. The highest BCUT2D eigenvalue weighted by Gasteiger charge is 2.61. The van der Waals surface area contributed by atoms with E-state index in [0.717, 1.165) is 51.7 Å². The number of likely N-dealkylation sites (tertiary alicyclic amines) is 2. The van der Waals surface area contributed by atoms with E-state index in [1.165, 1.54) is 62.9 Å². The molecule has 3 aliphatic rings. The molecular formula is C38H45N5O8S. The van der Waals surface area contributed by atoms with Gasteiger partial charge in [-0.15, -0.1) is 0 Å². The first-order valence-electron chi connectivity index (χ1n) is 17.8. The average molecular weight is 732 g/mol. The number of methoxy groups -OCH3 is 2. The Morgan fingerprint density at radius 2 is 1.67 bits per heavy atom. The topological polar surface area (TPSA) is 152 Å². The Hall–Kier alpha value is -4.87. The van der Waals surface area contributed by atoms with Crippen molar-refractivity contribution in [3.63, 3.8) is 0 Å². The number of carbonyl (C=O) groups excluding carboxylic acids is 2. The third kappa shape index (κ3) is 6.63. The molecule has 6 rings (SSSR count). The summed E-state index contributed by atoms with van der Waals surface area (Å²) in [5.74, 6) is 0.223. The van der Waals surface area contributed by atoms with Gasteiger partial charge in [-0.1, -0.05) is 6.92 Å². The zero-order valence-corrected chi connectivity index (χ0v) is 30.9. The zero-order chi connectivity index (χ0) is 37.0. The molecule has 1 atom stereocenters. The number of anilines is 1. The van der Waals surface area contributed by atoms with E-state index in [1.54, 1.807) is 17.9 Å². The maximum absolute atomic E-state index is 15.1. The standard InChI is InChI=1S/C38H45N5O8S/c1-5-18-41-19-13-27(14-20-41)28-15-21-42(22-16-28)37(45)51-38(30-8-7-17-40-35(30)50-6-2)31-23-26(25-39)9-11-32(31)43(36(38)44)52(46,47)34-12-10-29(48-3)24-33(34)49-4/h7-12,17,23-24,27-28H,5-6,13-16,18-22H2,1-4H3. The number of hydrogen-bond donors (Lipinski definition) is 0. The van der Waals surface area contributed by atoms with Gasteiger partial charge in [-0.25, -0.2) is 18.2 Å². The number of rotatable bonds is 11. The summed E-state index contributed by atoms with van der Waals surface area (Å²) in [7, 11) is -1.99. The van der Waals surface area contributed by atoms with E-state index in [2.05, 4.69) is 22.9 Å². The molecule has 276 valence electrons. The lowest BCUT2D eigenvalue weighted by Gasteiger charge is -2.40.